The van der Waals surface area contributed by atoms with Crippen molar-refractivity contribution >= 4 is 5.88 Å². The molecule has 1 aliphatic rings. The van der Waals surface area contributed by atoms with Crippen molar-refractivity contribution in [2.24, 2.45) is 0 Å². The second-order valence-corrected chi connectivity index (χ2v) is 2.56. The lowest BCUT2D eigenvalue weighted by Gasteiger charge is -1.81. The monoisotopic (exact) mass is 123 g/mol. The molecule has 0 aliphatic heterocycles. The molecule has 1 heterocycles. The number of nitrogen functional groups attached to an aromatic ring is 1. The highest BCUT2D eigenvalue weighted by Gasteiger charge is 2.24. The molecular formula is C7H9NO. The lowest BCUT2D eigenvalue weighted by Crippen LogP contribution is -1.76. The number of rotatable bonds is 1. The van der Waals surface area contributed by atoms with Gasteiger partial charge in [0.15, 0.2) is 5.88 Å². The van der Waals surface area contributed by atoms with E-state index in [4.69, 9.17) is 10.2 Å². The molecule has 0 aromatic carbocycles. The smallest absolute Gasteiger partial charge is 0.190 e. The molecule has 0 saturated heterocycles. The Hall–Kier alpha value is -0.920. The molecule has 2 rings (SSSR count). The Morgan fingerprint density at radius 1 is 1.56 bits per heavy atom. The van der Waals surface area contributed by atoms with Crippen LogP contribution in [0.15, 0.2) is 16.7 Å². The fourth-order valence-electron chi connectivity index (χ4n) is 0.999. The van der Waals surface area contributed by atoms with Gasteiger partial charge in [-0.3, -0.25) is 0 Å². The van der Waals surface area contributed by atoms with Gasteiger partial charge in [0.2, 0.25) is 0 Å². The van der Waals surface area contributed by atoms with Gasteiger partial charge in [-0.1, -0.05) is 0 Å². The highest BCUT2D eigenvalue weighted by atomic mass is 16.3. The summed E-state index contributed by atoms with van der Waals surface area (Å²) in [5.74, 6) is 1.29. The minimum atomic E-state index is 0.539. The van der Waals surface area contributed by atoms with Gasteiger partial charge in [-0.05, 0) is 24.3 Å². The number of anilines is 1. The first-order chi connectivity index (χ1) is 4.36. The number of nitrogens with two attached hydrogens (primary N) is 1. The van der Waals surface area contributed by atoms with Crippen LogP contribution in [0.2, 0.25) is 0 Å². The predicted molar refractivity (Wildman–Crippen MR) is 35.1 cm³/mol. The first-order valence-corrected chi connectivity index (χ1v) is 3.20. The molecule has 9 heavy (non-hydrogen) atoms. The van der Waals surface area contributed by atoms with Gasteiger partial charge in [-0.2, -0.15) is 0 Å². The van der Waals surface area contributed by atoms with Crippen LogP contribution < -0.4 is 5.73 Å². The van der Waals surface area contributed by atoms with E-state index in [0.29, 0.717) is 5.88 Å². The molecule has 48 valence electrons. The summed E-state index contributed by atoms with van der Waals surface area (Å²) in [7, 11) is 0. The molecular weight excluding hydrogens is 114 g/mol. The second kappa shape index (κ2) is 1.53. The molecule has 0 atom stereocenters. The van der Waals surface area contributed by atoms with Crippen LogP contribution in [-0.2, 0) is 0 Å². The highest BCUT2D eigenvalue weighted by Crippen LogP contribution is 2.40. The van der Waals surface area contributed by atoms with Crippen molar-refractivity contribution in [3.8, 4) is 0 Å². The van der Waals surface area contributed by atoms with Crippen molar-refractivity contribution in [1.82, 2.24) is 0 Å². The van der Waals surface area contributed by atoms with Gasteiger partial charge in [-0.15, -0.1) is 0 Å². The molecule has 1 saturated carbocycles. The largest absolute Gasteiger partial charge is 0.449 e. The van der Waals surface area contributed by atoms with Crippen LogP contribution in [0.1, 0.15) is 24.3 Å². The Morgan fingerprint density at radius 3 is 2.78 bits per heavy atom. The van der Waals surface area contributed by atoms with E-state index in [0.717, 1.165) is 5.92 Å². The molecule has 0 unspecified atom stereocenters. The summed E-state index contributed by atoms with van der Waals surface area (Å²) in [6, 6.07) is 1.91. The number of hydrogen-bond acceptors (Lipinski definition) is 2. The fraction of sp³-hybridized carbons (Fsp3) is 0.429. The van der Waals surface area contributed by atoms with E-state index < -0.39 is 0 Å². The van der Waals surface area contributed by atoms with Crippen molar-refractivity contribution in [2.45, 2.75) is 18.8 Å². The standard InChI is InChI=1S/C7H9NO/c8-7-3-6(4-9-7)5-1-2-5/h3-5H,1-2,8H2. The van der Waals surface area contributed by atoms with Gasteiger partial charge in [-0.25, -0.2) is 0 Å². The van der Waals surface area contributed by atoms with Crippen LogP contribution in [-0.4, -0.2) is 0 Å². The second-order valence-electron chi connectivity index (χ2n) is 2.56. The van der Waals surface area contributed by atoms with Gasteiger partial charge >= 0.3 is 0 Å². The topological polar surface area (TPSA) is 39.2 Å². The quantitative estimate of drug-likeness (QED) is 0.617. The minimum Gasteiger partial charge on any atom is -0.449 e. The average Bonchev–Trinajstić information content (AvgIpc) is 2.58. The van der Waals surface area contributed by atoms with E-state index in [1.807, 2.05) is 6.07 Å². The van der Waals surface area contributed by atoms with Crippen LogP contribution in [0, 0.1) is 0 Å². The molecule has 2 N–H and O–H groups in total. The van der Waals surface area contributed by atoms with Crippen LogP contribution in [0.25, 0.3) is 0 Å². The van der Waals surface area contributed by atoms with Gasteiger partial charge < -0.3 is 10.2 Å². The van der Waals surface area contributed by atoms with E-state index in [1.165, 1.54) is 18.4 Å². The zero-order chi connectivity index (χ0) is 6.27. The Morgan fingerprint density at radius 2 is 2.33 bits per heavy atom. The van der Waals surface area contributed by atoms with Gasteiger partial charge in [0.25, 0.3) is 0 Å². The third-order valence-electron chi connectivity index (χ3n) is 1.69. The third-order valence-corrected chi connectivity index (χ3v) is 1.69. The molecule has 1 fully saturated rings. The van der Waals surface area contributed by atoms with Crippen LogP contribution in [0.4, 0.5) is 5.88 Å². The molecule has 0 amide bonds. The zero-order valence-electron chi connectivity index (χ0n) is 5.13. The van der Waals surface area contributed by atoms with Gasteiger partial charge in [0.05, 0.1) is 6.26 Å². The maximum atomic E-state index is 5.38. The van der Waals surface area contributed by atoms with E-state index in [1.54, 1.807) is 6.26 Å². The van der Waals surface area contributed by atoms with Crippen molar-refractivity contribution < 1.29 is 4.42 Å². The lowest BCUT2D eigenvalue weighted by molar-refractivity contribution is 0.584. The van der Waals surface area contributed by atoms with Crippen LogP contribution >= 0.6 is 0 Å². The first-order valence-electron chi connectivity index (χ1n) is 3.20. The summed E-state index contributed by atoms with van der Waals surface area (Å²) < 4.78 is 4.94. The SMILES string of the molecule is Nc1cc(C2CC2)co1. The van der Waals surface area contributed by atoms with E-state index in [9.17, 15) is 0 Å². The zero-order valence-corrected chi connectivity index (χ0v) is 5.13. The Bertz CT molecular complexity index is 212. The molecule has 1 aromatic heterocycles. The minimum absolute atomic E-state index is 0.539. The van der Waals surface area contributed by atoms with Crippen molar-refractivity contribution in [3.05, 3.63) is 17.9 Å². The van der Waals surface area contributed by atoms with Crippen molar-refractivity contribution in [3.63, 3.8) is 0 Å². The highest BCUT2D eigenvalue weighted by molar-refractivity contribution is 5.32. The summed E-state index contributed by atoms with van der Waals surface area (Å²) >= 11 is 0. The predicted octanol–water partition coefficient (Wildman–Crippen LogP) is 1.74. The Labute approximate surface area is 53.7 Å². The Balaban J connectivity index is 2.28. The molecule has 0 radical (unpaired) electrons. The normalized spacial score (nSPS) is 18.2. The fourth-order valence-corrected chi connectivity index (χ4v) is 0.999. The maximum Gasteiger partial charge on any atom is 0.190 e. The van der Waals surface area contributed by atoms with E-state index in [2.05, 4.69) is 0 Å². The Kier molecular flexibility index (Phi) is 0.835. The molecule has 0 spiro atoms. The van der Waals surface area contributed by atoms with Crippen molar-refractivity contribution in [2.75, 3.05) is 5.73 Å². The van der Waals surface area contributed by atoms with Gasteiger partial charge in [0, 0.05) is 6.07 Å². The number of furan rings is 1. The summed E-state index contributed by atoms with van der Waals surface area (Å²) in [5.41, 5.74) is 6.65. The third kappa shape index (κ3) is 0.803. The van der Waals surface area contributed by atoms with Gasteiger partial charge in [0.1, 0.15) is 0 Å². The lowest BCUT2D eigenvalue weighted by atomic mass is 10.2. The maximum absolute atomic E-state index is 5.38. The first kappa shape index (κ1) is 4.91. The number of hydrogen-bond donors (Lipinski definition) is 1. The van der Waals surface area contributed by atoms with E-state index >= 15 is 0 Å². The average molecular weight is 123 g/mol. The summed E-state index contributed by atoms with van der Waals surface area (Å²) in [4.78, 5) is 0. The molecule has 2 nitrogen and oxygen atoms in total. The summed E-state index contributed by atoms with van der Waals surface area (Å²) in [5, 5.41) is 0. The van der Waals surface area contributed by atoms with Crippen molar-refractivity contribution in [1.29, 1.82) is 0 Å². The molecule has 1 aromatic rings. The van der Waals surface area contributed by atoms with E-state index in [-0.39, 0.29) is 0 Å². The molecule has 1 aliphatic carbocycles. The summed E-state index contributed by atoms with van der Waals surface area (Å²) in [6.07, 6.45) is 4.37. The van der Waals surface area contributed by atoms with Crippen LogP contribution in [0.3, 0.4) is 0 Å². The molecule has 0 bridgehead atoms. The summed E-state index contributed by atoms with van der Waals surface area (Å²) in [6.45, 7) is 0. The molecule has 2 heteroatoms. The van der Waals surface area contributed by atoms with Crippen LogP contribution in [0.5, 0.6) is 0 Å².